The molecule has 0 bridgehead atoms. The molecule has 0 spiro atoms. The molecule has 0 fully saturated rings. The zero-order valence-corrected chi connectivity index (χ0v) is 11.5. The molecule has 0 saturated carbocycles. The van der Waals surface area contributed by atoms with Crippen LogP contribution in [-0.2, 0) is 17.9 Å². The van der Waals surface area contributed by atoms with E-state index in [1.807, 2.05) is 0 Å². The minimum absolute atomic E-state index is 0.0705. The normalized spacial score (nSPS) is 10.5. The largest absolute Gasteiger partial charge is 0.353 e. The van der Waals surface area contributed by atoms with Crippen LogP contribution >= 0.6 is 0 Å². The van der Waals surface area contributed by atoms with Gasteiger partial charge < -0.3 is 5.32 Å². The quantitative estimate of drug-likeness (QED) is 0.824. The predicted octanol–water partition coefficient (Wildman–Crippen LogP) is -0.127. The molecule has 106 valence electrons. The lowest BCUT2D eigenvalue weighted by atomic mass is 10.3. The molecule has 1 N–H and O–H groups in total. The van der Waals surface area contributed by atoms with Crippen LogP contribution in [0.15, 0.2) is 29.6 Å². The van der Waals surface area contributed by atoms with E-state index < -0.39 is 0 Å². The Bertz CT molecular complexity index is 645. The topological polar surface area (TPSA) is 81.8 Å². The van der Waals surface area contributed by atoms with Gasteiger partial charge in [-0.1, -0.05) is 0 Å². The number of nitrogens with one attached hydrogen (secondary N) is 1. The van der Waals surface area contributed by atoms with E-state index in [1.54, 1.807) is 37.0 Å². The van der Waals surface area contributed by atoms with Gasteiger partial charge in [-0.25, -0.2) is 4.98 Å². The molecule has 20 heavy (non-hydrogen) atoms. The highest BCUT2D eigenvalue weighted by molar-refractivity contribution is 5.75. The second kappa shape index (κ2) is 6.14. The maximum absolute atomic E-state index is 11.9. The van der Waals surface area contributed by atoms with Gasteiger partial charge in [0.15, 0.2) is 0 Å². The lowest BCUT2D eigenvalue weighted by Gasteiger charge is -2.09. The van der Waals surface area contributed by atoms with E-state index in [2.05, 4.69) is 15.4 Å². The van der Waals surface area contributed by atoms with Crippen molar-refractivity contribution in [3.8, 4) is 0 Å². The minimum Gasteiger partial charge on any atom is -0.353 e. The number of amides is 1. The molecule has 0 unspecified atom stereocenters. The van der Waals surface area contributed by atoms with E-state index in [0.29, 0.717) is 18.7 Å². The fraction of sp³-hybridized carbons (Fsp3) is 0.385. The number of carbonyl (C=O) groups is 1. The van der Waals surface area contributed by atoms with Crippen molar-refractivity contribution in [2.45, 2.75) is 26.9 Å². The number of aromatic nitrogens is 4. The van der Waals surface area contributed by atoms with Gasteiger partial charge in [0.05, 0.1) is 6.33 Å². The summed E-state index contributed by atoms with van der Waals surface area (Å²) in [6.07, 6.45) is 4.84. The average Bonchev–Trinajstić information content (AvgIpc) is 2.91. The van der Waals surface area contributed by atoms with Crippen LogP contribution in [0.5, 0.6) is 0 Å². The monoisotopic (exact) mass is 275 g/mol. The predicted molar refractivity (Wildman–Crippen MR) is 73.2 cm³/mol. The molecule has 0 aromatic carbocycles. The Morgan fingerprint density at radius 1 is 1.40 bits per heavy atom. The molecule has 1 amide bonds. The van der Waals surface area contributed by atoms with E-state index in [4.69, 9.17) is 0 Å². The van der Waals surface area contributed by atoms with Crippen molar-refractivity contribution >= 4 is 5.91 Å². The zero-order chi connectivity index (χ0) is 14.5. The summed E-state index contributed by atoms with van der Waals surface area (Å²) in [6, 6.07) is 1.76. The summed E-state index contributed by atoms with van der Waals surface area (Å²) in [4.78, 5) is 27.7. The number of hydrogen-bond donors (Lipinski definition) is 1. The first-order valence-electron chi connectivity index (χ1n) is 6.34. The van der Waals surface area contributed by atoms with Gasteiger partial charge in [0.1, 0.15) is 6.54 Å². The van der Waals surface area contributed by atoms with Gasteiger partial charge in [-0.05, 0) is 19.9 Å². The van der Waals surface area contributed by atoms with Gasteiger partial charge in [0.25, 0.3) is 5.56 Å². The molecule has 0 aliphatic heterocycles. The minimum atomic E-state index is -0.140. The second-order valence-electron chi connectivity index (χ2n) is 4.51. The number of nitrogens with zero attached hydrogens (tertiary/aromatic N) is 4. The van der Waals surface area contributed by atoms with Crippen LogP contribution < -0.4 is 10.9 Å². The smallest absolute Gasteiger partial charge is 0.256 e. The van der Waals surface area contributed by atoms with Crippen LogP contribution in [0.2, 0.25) is 0 Å². The van der Waals surface area contributed by atoms with Crippen LogP contribution in [0.1, 0.15) is 11.3 Å². The molecule has 7 heteroatoms. The fourth-order valence-corrected chi connectivity index (χ4v) is 1.75. The average molecular weight is 275 g/mol. The van der Waals surface area contributed by atoms with Crippen molar-refractivity contribution in [3.05, 3.63) is 46.4 Å². The van der Waals surface area contributed by atoms with Gasteiger partial charge in [0, 0.05) is 36.7 Å². The van der Waals surface area contributed by atoms with E-state index in [0.717, 1.165) is 5.69 Å². The fourth-order valence-electron chi connectivity index (χ4n) is 1.75. The van der Waals surface area contributed by atoms with Crippen molar-refractivity contribution < 1.29 is 4.79 Å². The molecule has 7 nitrogen and oxygen atoms in total. The number of hydrogen-bond acceptors (Lipinski definition) is 4. The molecule has 2 aromatic heterocycles. The van der Waals surface area contributed by atoms with Gasteiger partial charge in [-0.15, -0.1) is 0 Å². The molecular weight excluding hydrogens is 258 g/mol. The zero-order valence-electron chi connectivity index (χ0n) is 11.5. The summed E-state index contributed by atoms with van der Waals surface area (Å²) in [5.74, 6) is -0.140. The van der Waals surface area contributed by atoms with Crippen LogP contribution in [0.25, 0.3) is 0 Å². The summed E-state index contributed by atoms with van der Waals surface area (Å²) in [5.41, 5.74) is 1.29. The third-order valence-corrected chi connectivity index (χ3v) is 3.05. The Labute approximate surface area is 116 Å². The Balaban J connectivity index is 1.86. The van der Waals surface area contributed by atoms with Gasteiger partial charge in [-0.3, -0.25) is 18.8 Å². The Morgan fingerprint density at radius 2 is 2.20 bits per heavy atom. The van der Waals surface area contributed by atoms with Crippen molar-refractivity contribution in [1.82, 2.24) is 24.6 Å². The van der Waals surface area contributed by atoms with E-state index in [1.165, 1.54) is 10.9 Å². The molecular formula is C13H17N5O2. The third-order valence-electron chi connectivity index (χ3n) is 3.05. The molecule has 2 rings (SSSR count). The maximum Gasteiger partial charge on any atom is 0.256 e. The summed E-state index contributed by atoms with van der Waals surface area (Å²) < 4.78 is 3.04. The van der Waals surface area contributed by atoms with Crippen LogP contribution in [0.3, 0.4) is 0 Å². The van der Waals surface area contributed by atoms with Crippen molar-refractivity contribution in [2.24, 2.45) is 0 Å². The van der Waals surface area contributed by atoms with Gasteiger partial charge in [-0.2, -0.15) is 5.10 Å². The first-order chi connectivity index (χ1) is 9.58. The Kier molecular flexibility index (Phi) is 4.29. The van der Waals surface area contributed by atoms with E-state index >= 15 is 0 Å². The molecule has 0 radical (unpaired) electrons. The highest BCUT2D eigenvalue weighted by atomic mass is 16.2. The lowest BCUT2D eigenvalue weighted by Crippen LogP contribution is -2.33. The SMILES string of the molecule is Cc1ncn(CCNC(=O)Cn2cccn2)c(=O)c1C. The number of aryl methyl sites for hydroxylation is 1. The summed E-state index contributed by atoms with van der Waals surface area (Å²) in [5, 5.41) is 6.69. The van der Waals surface area contributed by atoms with Crippen LogP contribution in [0.4, 0.5) is 0 Å². The Hall–Kier alpha value is -2.44. The van der Waals surface area contributed by atoms with Gasteiger partial charge >= 0.3 is 0 Å². The molecule has 0 aliphatic carbocycles. The molecule has 2 aromatic rings. The highest BCUT2D eigenvalue weighted by Crippen LogP contribution is 1.94. The molecule has 2 heterocycles. The second-order valence-corrected chi connectivity index (χ2v) is 4.51. The lowest BCUT2D eigenvalue weighted by molar-refractivity contribution is -0.121. The molecule has 0 saturated heterocycles. The summed E-state index contributed by atoms with van der Waals surface area (Å²) in [6.45, 7) is 4.50. The molecule has 0 atom stereocenters. The van der Waals surface area contributed by atoms with Crippen molar-refractivity contribution in [1.29, 1.82) is 0 Å². The third kappa shape index (κ3) is 3.31. The van der Waals surface area contributed by atoms with Crippen molar-refractivity contribution in [2.75, 3.05) is 6.54 Å². The van der Waals surface area contributed by atoms with Crippen LogP contribution in [-0.4, -0.2) is 31.8 Å². The summed E-state index contributed by atoms with van der Waals surface area (Å²) in [7, 11) is 0. The summed E-state index contributed by atoms with van der Waals surface area (Å²) >= 11 is 0. The number of carbonyl (C=O) groups excluding carboxylic acids is 1. The first-order valence-corrected chi connectivity index (χ1v) is 6.34. The van der Waals surface area contributed by atoms with Crippen LogP contribution in [0, 0.1) is 13.8 Å². The van der Waals surface area contributed by atoms with Crippen molar-refractivity contribution in [3.63, 3.8) is 0 Å². The maximum atomic E-state index is 11.9. The van der Waals surface area contributed by atoms with Gasteiger partial charge in [0.2, 0.25) is 5.91 Å². The van der Waals surface area contributed by atoms with E-state index in [-0.39, 0.29) is 18.0 Å². The Morgan fingerprint density at radius 3 is 2.90 bits per heavy atom. The van der Waals surface area contributed by atoms with E-state index in [9.17, 15) is 9.59 Å². The molecule has 0 aliphatic rings. The highest BCUT2D eigenvalue weighted by Gasteiger charge is 2.05. The number of rotatable bonds is 5. The standard InChI is InChI=1S/C13H17N5O2/c1-10-11(2)15-9-17(13(10)20)7-5-14-12(19)8-18-6-3-4-16-18/h3-4,6,9H,5,7-8H2,1-2H3,(H,14,19). The first kappa shape index (κ1) is 14.0.